The SMILES string of the molecule is Cc1nc2cc(Cl)c(CBr)cc2c(=O)n1COC(=O)C(C)(C)C. The van der Waals surface area contributed by atoms with Crippen molar-refractivity contribution in [1.82, 2.24) is 9.55 Å². The number of halogens is 2. The molecule has 124 valence electrons. The number of carbonyl (C=O) groups is 1. The van der Waals surface area contributed by atoms with Crippen molar-refractivity contribution in [1.29, 1.82) is 0 Å². The van der Waals surface area contributed by atoms with Crippen LogP contribution in [0.15, 0.2) is 16.9 Å². The number of esters is 1. The van der Waals surface area contributed by atoms with Crippen LogP contribution in [0, 0.1) is 12.3 Å². The molecule has 1 aromatic carbocycles. The molecule has 1 aromatic heterocycles. The summed E-state index contributed by atoms with van der Waals surface area (Å²) in [6.45, 7) is 6.81. The maximum Gasteiger partial charge on any atom is 0.312 e. The highest BCUT2D eigenvalue weighted by Crippen LogP contribution is 2.23. The number of aromatic nitrogens is 2. The van der Waals surface area contributed by atoms with Gasteiger partial charge in [-0.25, -0.2) is 4.98 Å². The number of fused-ring (bicyclic) bond motifs is 1. The second kappa shape index (κ2) is 6.61. The Morgan fingerprint density at radius 2 is 2.04 bits per heavy atom. The Morgan fingerprint density at radius 1 is 1.39 bits per heavy atom. The molecule has 0 unspecified atom stereocenters. The van der Waals surface area contributed by atoms with Gasteiger partial charge in [0.05, 0.1) is 16.3 Å². The van der Waals surface area contributed by atoms with Crippen LogP contribution in [-0.2, 0) is 21.6 Å². The molecule has 0 bridgehead atoms. The van der Waals surface area contributed by atoms with E-state index in [2.05, 4.69) is 20.9 Å². The zero-order valence-electron chi connectivity index (χ0n) is 13.4. The molecular formula is C16H18BrClN2O3. The van der Waals surface area contributed by atoms with E-state index in [-0.39, 0.29) is 18.3 Å². The van der Waals surface area contributed by atoms with Crippen molar-refractivity contribution < 1.29 is 9.53 Å². The molecule has 0 saturated heterocycles. The molecule has 5 nitrogen and oxygen atoms in total. The van der Waals surface area contributed by atoms with Crippen LogP contribution in [0.5, 0.6) is 0 Å². The third kappa shape index (κ3) is 3.75. The fraction of sp³-hybridized carbons (Fsp3) is 0.438. The largest absolute Gasteiger partial charge is 0.443 e. The molecule has 0 saturated carbocycles. The van der Waals surface area contributed by atoms with Gasteiger partial charge in [0.15, 0.2) is 6.73 Å². The minimum Gasteiger partial charge on any atom is -0.443 e. The summed E-state index contributed by atoms with van der Waals surface area (Å²) in [5.74, 6) is 0.0908. The Morgan fingerprint density at radius 3 is 2.61 bits per heavy atom. The first kappa shape index (κ1) is 17.9. The van der Waals surface area contributed by atoms with E-state index >= 15 is 0 Å². The molecule has 0 radical (unpaired) electrons. The molecule has 0 aliphatic carbocycles. The summed E-state index contributed by atoms with van der Waals surface area (Å²) in [4.78, 5) is 28.9. The lowest BCUT2D eigenvalue weighted by Crippen LogP contribution is -2.29. The van der Waals surface area contributed by atoms with Crippen molar-refractivity contribution in [3.05, 3.63) is 38.9 Å². The third-order valence-corrected chi connectivity index (χ3v) is 4.35. The standard InChI is InChI=1S/C16H18BrClN2O3/c1-9-19-13-6-12(18)10(7-17)5-11(13)14(21)20(9)8-23-15(22)16(2,3)4/h5-6H,7-8H2,1-4H3. The van der Waals surface area contributed by atoms with Gasteiger partial charge in [-0.1, -0.05) is 27.5 Å². The van der Waals surface area contributed by atoms with Gasteiger partial charge >= 0.3 is 5.97 Å². The van der Waals surface area contributed by atoms with Crippen molar-refractivity contribution in [3.63, 3.8) is 0 Å². The summed E-state index contributed by atoms with van der Waals surface area (Å²) in [5, 5.41) is 1.53. The summed E-state index contributed by atoms with van der Waals surface area (Å²) in [6.07, 6.45) is 0. The lowest BCUT2D eigenvalue weighted by Gasteiger charge is -2.18. The van der Waals surface area contributed by atoms with E-state index in [0.717, 1.165) is 5.56 Å². The lowest BCUT2D eigenvalue weighted by atomic mass is 9.98. The summed E-state index contributed by atoms with van der Waals surface area (Å²) < 4.78 is 6.58. The summed E-state index contributed by atoms with van der Waals surface area (Å²) in [5.41, 5.74) is 0.451. The van der Waals surface area contributed by atoms with Gasteiger partial charge in [-0.2, -0.15) is 0 Å². The topological polar surface area (TPSA) is 61.2 Å². The number of alkyl halides is 1. The van der Waals surface area contributed by atoms with Gasteiger partial charge in [0.1, 0.15) is 5.82 Å². The van der Waals surface area contributed by atoms with Gasteiger partial charge in [-0.05, 0) is 45.4 Å². The predicted molar refractivity (Wildman–Crippen MR) is 93.9 cm³/mol. The number of rotatable bonds is 3. The van der Waals surface area contributed by atoms with Crippen molar-refractivity contribution in [3.8, 4) is 0 Å². The van der Waals surface area contributed by atoms with Crippen LogP contribution >= 0.6 is 27.5 Å². The maximum atomic E-state index is 12.7. The van der Waals surface area contributed by atoms with Crippen LogP contribution in [-0.4, -0.2) is 15.5 Å². The van der Waals surface area contributed by atoms with Gasteiger partial charge in [-0.15, -0.1) is 0 Å². The van der Waals surface area contributed by atoms with Gasteiger partial charge < -0.3 is 4.74 Å². The number of benzene rings is 1. The van der Waals surface area contributed by atoms with Crippen LogP contribution in [0.25, 0.3) is 10.9 Å². The summed E-state index contributed by atoms with van der Waals surface area (Å²) in [7, 11) is 0. The van der Waals surface area contributed by atoms with E-state index in [0.29, 0.717) is 27.1 Å². The van der Waals surface area contributed by atoms with Crippen molar-refractivity contribution in [2.24, 2.45) is 5.41 Å². The normalized spacial score (nSPS) is 11.7. The molecule has 0 aliphatic rings. The van der Waals surface area contributed by atoms with Crippen LogP contribution < -0.4 is 5.56 Å². The molecule has 0 atom stereocenters. The van der Waals surface area contributed by atoms with Gasteiger partial charge in [0, 0.05) is 10.4 Å². The molecule has 2 aromatic rings. The van der Waals surface area contributed by atoms with Crippen LogP contribution in [0.3, 0.4) is 0 Å². The molecule has 0 N–H and O–H groups in total. The minimum absolute atomic E-state index is 0.157. The second-order valence-electron chi connectivity index (χ2n) is 6.30. The molecule has 0 fully saturated rings. The third-order valence-electron chi connectivity index (χ3n) is 3.39. The van der Waals surface area contributed by atoms with Gasteiger partial charge in [-0.3, -0.25) is 14.2 Å². The summed E-state index contributed by atoms with van der Waals surface area (Å²) in [6, 6.07) is 3.39. The van der Waals surface area contributed by atoms with Gasteiger partial charge in [0.25, 0.3) is 5.56 Å². The average Bonchev–Trinajstić information content (AvgIpc) is 2.45. The fourth-order valence-corrected chi connectivity index (χ4v) is 2.84. The zero-order chi connectivity index (χ0) is 17.4. The molecule has 7 heteroatoms. The predicted octanol–water partition coefficient (Wildman–Crippen LogP) is 3.80. The first-order valence-corrected chi connectivity index (χ1v) is 8.58. The van der Waals surface area contributed by atoms with E-state index in [1.54, 1.807) is 39.8 Å². The van der Waals surface area contributed by atoms with E-state index in [9.17, 15) is 9.59 Å². The van der Waals surface area contributed by atoms with Crippen molar-refractivity contribution >= 4 is 44.4 Å². The van der Waals surface area contributed by atoms with Crippen LogP contribution in [0.4, 0.5) is 0 Å². The Hall–Kier alpha value is -1.40. The first-order chi connectivity index (χ1) is 10.6. The molecule has 1 heterocycles. The van der Waals surface area contributed by atoms with E-state index in [1.807, 2.05) is 0 Å². The van der Waals surface area contributed by atoms with Gasteiger partial charge in [0.2, 0.25) is 0 Å². The Labute approximate surface area is 147 Å². The van der Waals surface area contributed by atoms with Crippen molar-refractivity contribution in [2.75, 3.05) is 0 Å². The van der Waals surface area contributed by atoms with E-state index < -0.39 is 5.41 Å². The number of nitrogens with zero attached hydrogens (tertiary/aromatic N) is 2. The highest BCUT2D eigenvalue weighted by atomic mass is 79.9. The number of carbonyl (C=O) groups excluding carboxylic acids is 1. The van der Waals surface area contributed by atoms with Crippen LogP contribution in [0.2, 0.25) is 5.02 Å². The number of ether oxygens (including phenoxy) is 1. The first-order valence-electron chi connectivity index (χ1n) is 7.08. The Bertz CT molecular complexity index is 825. The number of hydrogen-bond donors (Lipinski definition) is 0. The molecule has 23 heavy (non-hydrogen) atoms. The molecule has 2 rings (SSSR count). The Balaban J connectivity index is 2.47. The zero-order valence-corrected chi connectivity index (χ0v) is 15.8. The van der Waals surface area contributed by atoms with E-state index in [4.69, 9.17) is 16.3 Å². The lowest BCUT2D eigenvalue weighted by molar-refractivity contribution is -0.157. The van der Waals surface area contributed by atoms with Crippen LogP contribution in [0.1, 0.15) is 32.2 Å². The monoisotopic (exact) mass is 400 g/mol. The number of aryl methyl sites for hydroxylation is 1. The van der Waals surface area contributed by atoms with Crippen molar-refractivity contribution in [2.45, 2.75) is 39.8 Å². The minimum atomic E-state index is -0.627. The number of hydrogen-bond acceptors (Lipinski definition) is 4. The second-order valence-corrected chi connectivity index (χ2v) is 7.27. The maximum absolute atomic E-state index is 12.7. The Kier molecular flexibility index (Phi) is 5.16. The molecular weight excluding hydrogens is 384 g/mol. The summed E-state index contributed by atoms with van der Waals surface area (Å²) >= 11 is 9.49. The smallest absolute Gasteiger partial charge is 0.312 e. The molecule has 0 spiro atoms. The molecule has 0 amide bonds. The highest BCUT2D eigenvalue weighted by molar-refractivity contribution is 9.08. The van der Waals surface area contributed by atoms with E-state index in [1.165, 1.54) is 4.57 Å². The molecule has 0 aliphatic heterocycles. The fourth-order valence-electron chi connectivity index (χ4n) is 1.99. The highest BCUT2D eigenvalue weighted by Gasteiger charge is 2.23. The quantitative estimate of drug-likeness (QED) is 0.580. The average molecular weight is 402 g/mol.